The molecule has 2 heterocycles. The summed E-state index contributed by atoms with van der Waals surface area (Å²) in [5.74, 6) is -0.270. The predicted molar refractivity (Wildman–Crippen MR) is 90.4 cm³/mol. The molecule has 1 aliphatic rings. The number of aryl methyl sites for hydroxylation is 1. The molecule has 0 radical (unpaired) electrons. The van der Waals surface area contributed by atoms with Crippen LogP contribution in [-0.4, -0.2) is 33.3 Å². The number of benzene rings is 1. The number of rotatable bonds is 4. The molecule has 0 unspecified atom stereocenters. The lowest BCUT2D eigenvalue weighted by Gasteiger charge is -2.29. The summed E-state index contributed by atoms with van der Waals surface area (Å²) < 4.78 is 16.1. The number of nitrogens with one attached hydrogen (secondary N) is 1. The second-order valence-corrected chi connectivity index (χ2v) is 6.46. The lowest BCUT2D eigenvalue weighted by Crippen LogP contribution is -2.44. The van der Waals surface area contributed by atoms with Crippen molar-refractivity contribution >= 4 is 27.0 Å². The molecule has 0 bridgehead atoms. The van der Waals surface area contributed by atoms with Crippen LogP contribution in [0.5, 0.6) is 0 Å². The van der Waals surface area contributed by atoms with Crippen molar-refractivity contribution in [3.8, 4) is 0 Å². The largest absolute Gasteiger partial charge is 0.392 e. The highest BCUT2D eigenvalue weighted by Gasteiger charge is 2.21. The average Bonchev–Trinajstić information content (AvgIpc) is 2.84. The fourth-order valence-corrected chi connectivity index (χ4v) is 3.27. The predicted octanol–water partition coefficient (Wildman–Crippen LogP) is 3.47. The molecule has 122 valence electrons. The number of halogens is 2. The summed E-state index contributed by atoms with van der Waals surface area (Å²) >= 11 is 3.18. The zero-order chi connectivity index (χ0) is 14.8. The maximum absolute atomic E-state index is 13.6. The van der Waals surface area contributed by atoms with Crippen LogP contribution in [-0.2, 0) is 6.54 Å². The van der Waals surface area contributed by atoms with E-state index in [1.54, 1.807) is 12.4 Å². The Morgan fingerprint density at radius 1 is 1.45 bits per heavy atom. The van der Waals surface area contributed by atoms with Gasteiger partial charge in [-0.15, -0.1) is 0 Å². The third kappa shape index (κ3) is 3.67. The summed E-state index contributed by atoms with van der Waals surface area (Å²) in [5, 5.41) is 13.3. The van der Waals surface area contributed by atoms with Gasteiger partial charge in [-0.3, -0.25) is 0 Å². The standard InChI is InChI=1S/C15H19BrFN3O.CH4/c16-10-7-13-14(8-11(10)17)20(9-19-13)6-2-3-12-15(21)4-1-5-18-12;/h7-9,12,15,18,21H,1-6H2;1H4/t12-,15+;/m1./s1. The Bertz CT molecular complexity index is 631. The molecule has 2 N–H and O–H groups in total. The summed E-state index contributed by atoms with van der Waals surface area (Å²) in [6, 6.07) is 3.40. The molecule has 0 spiro atoms. The maximum atomic E-state index is 13.6. The topological polar surface area (TPSA) is 50.1 Å². The summed E-state index contributed by atoms with van der Waals surface area (Å²) in [6.45, 7) is 1.76. The van der Waals surface area contributed by atoms with Crippen molar-refractivity contribution < 1.29 is 9.50 Å². The second-order valence-electron chi connectivity index (χ2n) is 5.61. The Balaban J connectivity index is 0.00000176. The van der Waals surface area contributed by atoms with Gasteiger partial charge in [-0.25, -0.2) is 9.37 Å². The molecule has 2 aromatic rings. The molecule has 1 aliphatic heterocycles. The van der Waals surface area contributed by atoms with Crippen LogP contribution in [0.25, 0.3) is 11.0 Å². The molecule has 2 atom stereocenters. The number of fused-ring (bicyclic) bond motifs is 1. The Morgan fingerprint density at radius 2 is 2.27 bits per heavy atom. The van der Waals surface area contributed by atoms with Gasteiger partial charge in [-0.05, 0) is 54.2 Å². The number of hydrogen-bond acceptors (Lipinski definition) is 3. The summed E-state index contributed by atoms with van der Waals surface area (Å²) in [6.07, 6.45) is 5.27. The number of aromatic nitrogens is 2. The first-order valence-electron chi connectivity index (χ1n) is 7.36. The van der Waals surface area contributed by atoms with Gasteiger partial charge in [0.25, 0.3) is 0 Å². The zero-order valence-electron chi connectivity index (χ0n) is 11.7. The minimum Gasteiger partial charge on any atom is -0.392 e. The van der Waals surface area contributed by atoms with Crippen LogP contribution in [0.3, 0.4) is 0 Å². The number of piperidine rings is 1. The summed E-state index contributed by atoms with van der Waals surface area (Å²) in [4.78, 5) is 4.30. The van der Waals surface area contributed by atoms with Crippen molar-refractivity contribution in [3.05, 3.63) is 28.7 Å². The van der Waals surface area contributed by atoms with E-state index in [9.17, 15) is 9.50 Å². The van der Waals surface area contributed by atoms with E-state index >= 15 is 0 Å². The van der Waals surface area contributed by atoms with Crippen LogP contribution in [0.2, 0.25) is 0 Å². The molecule has 1 aromatic carbocycles. The number of hydrogen-bond donors (Lipinski definition) is 2. The molecular weight excluding hydrogens is 349 g/mol. The third-order valence-corrected chi connectivity index (χ3v) is 4.73. The SMILES string of the molecule is C.O[C@H]1CCCN[C@@H]1CCCn1cnc2cc(Br)c(F)cc21. The fraction of sp³-hybridized carbons (Fsp3) is 0.562. The van der Waals surface area contributed by atoms with Crippen molar-refractivity contribution in [2.75, 3.05) is 6.54 Å². The van der Waals surface area contributed by atoms with E-state index < -0.39 is 0 Å². The van der Waals surface area contributed by atoms with E-state index in [-0.39, 0.29) is 25.4 Å². The van der Waals surface area contributed by atoms with Crippen LogP contribution in [0.4, 0.5) is 4.39 Å². The van der Waals surface area contributed by atoms with Crippen molar-refractivity contribution in [2.45, 2.75) is 51.8 Å². The van der Waals surface area contributed by atoms with E-state index in [1.165, 1.54) is 6.07 Å². The van der Waals surface area contributed by atoms with Crippen LogP contribution in [0.15, 0.2) is 22.9 Å². The molecule has 22 heavy (non-hydrogen) atoms. The Hall–Kier alpha value is -0.980. The van der Waals surface area contributed by atoms with Crippen LogP contribution >= 0.6 is 15.9 Å². The first kappa shape index (κ1) is 17.4. The average molecular weight is 372 g/mol. The van der Waals surface area contributed by atoms with Crippen molar-refractivity contribution in [2.24, 2.45) is 0 Å². The monoisotopic (exact) mass is 371 g/mol. The number of imidazole rings is 1. The molecule has 1 saturated heterocycles. The van der Waals surface area contributed by atoms with Gasteiger partial charge in [0.05, 0.1) is 27.9 Å². The molecule has 3 rings (SSSR count). The van der Waals surface area contributed by atoms with Gasteiger partial charge in [0.1, 0.15) is 5.82 Å². The van der Waals surface area contributed by atoms with E-state index in [0.29, 0.717) is 4.47 Å². The van der Waals surface area contributed by atoms with E-state index in [1.807, 2.05) is 4.57 Å². The quantitative estimate of drug-likeness (QED) is 0.864. The Kier molecular flexibility index (Phi) is 5.94. The normalized spacial score (nSPS) is 21.8. The van der Waals surface area contributed by atoms with Crippen molar-refractivity contribution in [1.29, 1.82) is 0 Å². The number of nitrogens with zero attached hydrogens (tertiary/aromatic N) is 2. The zero-order valence-corrected chi connectivity index (χ0v) is 13.3. The molecule has 6 heteroatoms. The van der Waals surface area contributed by atoms with Crippen molar-refractivity contribution in [3.63, 3.8) is 0 Å². The molecule has 0 amide bonds. The van der Waals surface area contributed by atoms with Crippen molar-refractivity contribution in [1.82, 2.24) is 14.9 Å². The highest BCUT2D eigenvalue weighted by molar-refractivity contribution is 9.10. The maximum Gasteiger partial charge on any atom is 0.139 e. The van der Waals surface area contributed by atoms with E-state index in [0.717, 1.165) is 49.8 Å². The first-order valence-corrected chi connectivity index (χ1v) is 8.16. The van der Waals surface area contributed by atoms with Gasteiger partial charge >= 0.3 is 0 Å². The van der Waals surface area contributed by atoms with E-state index in [2.05, 4.69) is 26.2 Å². The molecule has 4 nitrogen and oxygen atoms in total. The number of aliphatic hydroxyl groups is 1. The van der Waals surface area contributed by atoms with Gasteiger partial charge in [0, 0.05) is 18.7 Å². The second kappa shape index (κ2) is 7.53. The van der Waals surface area contributed by atoms with Crippen LogP contribution in [0, 0.1) is 5.82 Å². The molecule has 0 saturated carbocycles. The molecule has 1 fully saturated rings. The minimum absolute atomic E-state index is 0. The lowest BCUT2D eigenvalue weighted by molar-refractivity contribution is 0.0909. The van der Waals surface area contributed by atoms with Gasteiger partial charge in [-0.2, -0.15) is 0 Å². The van der Waals surface area contributed by atoms with E-state index in [4.69, 9.17) is 0 Å². The van der Waals surface area contributed by atoms with Gasteiger partial charge in [0.2, 0.25) is 0 Å². The fourth-order valence-electron chi connectivity index (χ4n) is 2.94. The summed E-state index contributed by atoms with van der Waals surface area (Å²) in [7, 11) is 0. The smallest absolute Gasteiger partial charge is 0.139 e. The lowest BCUT2D eigenvalue weighted by atomic mass is 9.97. The Morgan fingerprint density at radius 3 is 3.05 bits per heavy atom. The first-order chi connectivity index (χ1) is 10.1. The van der Waals surface area contributed by atoms with Gasteiger partial charge in [-0.1, -0.05) is 7.43 Å². The van der Waals surface area contributed by atoms with Crippen LogP contribution in [0.1, 0.15) is 33.1 Å². The number of aliphatic hydroxyl groups excluding tert-OH is 1. The summed E-state index contributed by atoms with van der Waals surface area (Å²) in [5.41, 5.74) is 1.60. The van der Waals surface area contributed by atoms with Crippen LogP contribution < -0.4 is 5.32 Å². The van der Waals surface area contributed by atoms with Gasteiger partial charge < -0.3 is 15.0 Å². The third-order valence-electron chi connectivity index (χ3n) is 4.12. The van der Waals surface area contributed by atoms with Gasteiger partial charge in [0.15, 0.2) is 0 Å². The molecule has 0 aliphatic carbocycles. The molecular formula is C16H23BrFN3O. The Labute approximate surface area is 138 Å². The minimum atomic E-state index is -0.270. The highest BCUT2D eigenvalue weighted by Crippen LogP contribution is 2.23. The molecule has 1 aromatic heterocycles. The highest BCUT2D eigenvalue weighted by atomic mass is 79.9.